The minimum absolute atomic E-state index is 0.149. The maximum absolute atomic E-state index is 5.67. The van der Waals surface area contributed by atoms with Crippen molar-refractivity contribution in [3.05, 3.63) is 35.4 Å². The normalized spacial score (nSPS) is 12.3. The van der Waals surface area contributed by atoms with Gasteiger partial charge >= 0.3 is 0 Å². The molecule has 0 saturated heterocycles. The van der Waals surface area contributed by atoms with Crippen LogP contribution in [-0.4, -0.2) is 5.84 Å². The van der Waals surface area contributed by atoms with Gasteiger partial charge in [0.25, 0.3) is 0 Å². The Morgan fingerprint density at radius 2 is 1.80 bits per heavy atom. The molecule has 2 N–H and O–H groups in total. The van der Waals surface area contributed by atoms with Gasteiger partial charge in [-0.2, -0.15) is 4.99 Å². The molecule has 0 radical (unpaired) electrons. The quantitative estimate of drug-likeness (QED) is 0.421. The minimum Gasteiger partial charge on any atom is -0.383 e. The number of nitrogens with zero attached hydrogens (tertiary/aromatic N) is 1. The van der Waals surface area contributed by atoms with Crippen LogP contribution < -0.4 is 5.73 Å². The molecule has 2 nitrogen and oxygen atoms in total. The van der Waals surface area contributed by atoms with Crippen LogP contribution in [0.1, 0.15) is 31.9 Å². The van der Waals surface area contributed by atoms with E-state index in [4.69, 9.17) is 12.2 Å². The fourth-order valence-electron chi connectivity index (χ4n) is 1.28. The van der Waals surface area contributed by atoms with Crippen LogP contribution in [0.4, 0.5) is 0 Å². The Kier molecular flexibility index (Phi) is 3.16. The summed E-state index contributed by atoms with van der Waals surface area (Å²) in [5, 5.41) is 0. The van der Waals surface area contributed by atoms with Crippen molar-refractivity contribution in [2.45, 2.75) is 26.2 Å². The van der Waals surface area contributed by atoms with Crippen molar-refractivity contribution in [2.75, 3.05) is 0 Å². The van der Waals surface area contributed by atoms with E-state index in [1.807, 2.05) is 24.3 Å². The van der Waals surface area contributed by atoms with Gasteiger partial charge in [0.1, 0.15) is 5.84 Å². The molecular weight excluding hydrogens is 184 g/mol. The first-order valence-corrected chi connectivity index (χ1v) is 4.85. The summed E-state index contributed by atoms with van der Waals surface area (Å²) in [5.74, 6) is 0.387. The number of rotatable bonds is 1. The van der Waals surface area contributed by atoms with Crippen molar-refractivity contribution in [2.24, 2.45) is 10.7 Å². The molecular formula is C13H16N2. The minimum atomic E-state index is 0.149. The van der Waals surface area contributed by atoms with Crippen LogP contribution >= 0.6 is 0 Å². The summed E-state index contributed by atoms with van der Waals surface area (Å²) in [4.78, 5) is 3.71. The van der Waals surface area contributed by atoms with Crippen LogP contribution in [0.15, 0.2) is 29.3 Å². The fourth-order valence-corrected chi connectivity index (χ4v) is 1.28. The molecule has 1 aromatic carbocycles. The Balaban J connectivity index is 3.02. The number of nitrogens with two attached hydrogens (primary N) is 1. The number of benzene rings is 1. The maximum Gasteiger partial charge on any atom is 0.141 e. The third-order valence-electron chi connectivity index (χ3n) is 2.23. The second-order valence-corrected chi connectivity index (χ2v) is 4.45. The molecule has 0 fully saturated rings. The van der Waals surface area contributed by atoms with Gasteiger partial charge in [0.15, 0.2) is 0 Å². The molecule has 0 aromatic heterocycles. The number of hydrogen-bond acceptors (Lipinski definition) is 1. The van der Waals surface area contributed by atoms with E-state index in [-0.39, 0.29) is 5.41 Å². The zero-order chi connectivity index (χ0) is 11.5. The van der Waals surface area contributed by atoms with Crippen molar-refractivity contribution >= 4 is 5.84 Å². The molecule has 1 rings (SSSR count). The zero-order valence-electron chi connectivity index (χ0n) is 9.41. The molecule has 0 amide bonds. The van der Waals surface area contributed by atoms with Crippen molar-refractivity contribution in [1.82, 2.24) is 0 Å². The predicted molar refractivity (Wildman–Crippen MR) is 64.7 cm³/mol. The first-order valence-electron chi connectivity index (χ1n) is 4.85. The average molecular weight is 200 g/mol. The number of aliphatic imine (C=N–C) groups is 1. The summed E-state index contributed by atoms with van der Waals surface area (Å²) in [5.41, 5.74) is 7.95. The van der Waals surface area contributed by atoms with Crippen molar-refractivity contribution < 1.29 is 0 Å². The Hall–Kier alpha value is -1.75. The smallest absolute Gasteiger partial charge is 0.141 e. The number of terminal acetylenes is 1. The lowest BCUT2D eigenvalue weighted by Crippen LogP contribution is -2.14. The van der Waals surface area contributed by atoms with E-state index < -0.39 is 0 Å². The third kappa shape index (κ3) is 2.85. The van der Waals surface area contributed by atoms with Gasteiger partial charge < -0.3 is 5.73 Å². The van der Waals surface area contributed by atoms with E-state index in [0.29, 0.717) is 5.84 Å². The Morgan fingerprint density at radius 1 is 1.27 bits per heavy atom. The Bertz CT molecular complexity index is 400. The van der Waals surface area contributed by atoms with Crippen LogP contribution in [0.3, 0.4) is 0 Å². The average Bonchev–Trinajstić information content (AvgIpc) is 2.17. The standard InChI is InChI=1S/C13H16N2/c1-5-15-12(14)10-6-8-11(9-7-10)13(2,3)4/h1,6-9H,2-4H3,(H2,14,15). The molecule has 0 heterocycles. The predicted octanol–water partition coefficient (Wildman–Crippen LogP) is 2.28. The molecule has 2 heteroatoms. The molecule has 0 saturated carbocycles. The molecule has 0 aliphatic heterocycles. The van der Waals surface area contributed by atoms with Crippen LogP contribution in [0, 0.1) is 12.5 Å². The molecule has 78 valence electrons. The molecule has 1 aromatic rings. The lowest BCUT2D eigenvalue weighted by Gasteiger charge is -2.18. The molecule has 0 unspecified atom stereocenters. The van der Waals surface area contributed by atoms with Gasteiger partial charge in [-0.05, 0) is 11.0 Å². The highest BCUT2D eigenvalue weighted by molar-refractivity contribution is 5.98. The zero-order valence-corrected chi connectivity index (χ0v) is 9.41. The molecule has 0 aliphatic rings. The summed E-state index contributed by atoms with van der Waals surface area (Å²) in [6, 6.07) is 10.2. The van der Waals surface area contributed by atoms with Crippen molar-refractivity contribution in [3.8, 4) is 12.5 Å². The van der Waals surface area contributed by atoms with Gasteiger partial charge in [-0.15, -0.1) is 0 Å². The summed E-state index contributed by atoms with van der Waals surface area (Å²) in [7, 11) is 0. The molecule has 0 spiro atoms. The summed E-state index contributed by atoms with van der Waals surface area (Å²) in [6.07, 6.45) is 5.05. The second-order valence-electron chi connectivity index (χ2n) is 4.45. The van der Waals surface area contributed by atoms with Crippen LogP contribution in [0.2, 0.25) is 0 Å². The van der Waals surface area contributed by atoms with E-state index in [0.717, 1.165) is 5.56 Å². The van der Waals surface area contributed by atoms with Gasteiger partial charge in [-0.1, -0.05) is 51.5 Å². The third-order valence-corrected chi connectivity index (χ3v) is 2.23. The SMILES string of the molecule is C#CN=C(N)c1ccc(C(C)(C)C)cc1. The Labute approximate surface area is 91.2 Å². The molecule has 0 aliphatic carbocycles. The first-order chi connectivity index (χ1) is 6.95. The van der Waals surface area contributed by atoms with Crippen molar-refractivity contribution in [1.29, 1.82) is 0 Å². The fraction of sp³-hybridized carbons (Fsp3) is 0.308. The first kappa shape index (κ1) is 11.3. The topological polar surface area (TPSA) is 38.4 Å². The molecule has 0 bridgehead atoms. The summed E-state index contributed by atoms with van der Waals surface area (Å²) >= 11 is 0. The van der Waals surface area contributed by atoms with Crippen LogP contribution in [0.5, 0.6) is 0 Å². The van der Waals surface area contributed by atoms with Gasteiger partial charge in [-0.25, -0.2) is 0 Å². The van der Waals surface area contributed by atoms with Crippen LogP contribution in [0.25, 0.3) is 0 Å². The highest BCUT2D eigenvalue weighted by Crippen LogP contribution is 2.21. The van der Waals surface area contributed by atoms with Gasteiger partial charge in [0.05, 0.1) is 0 Å². The monoisotopic (exact) mass is 200 g/mol. The maximum atomic E-state index is 5.67. The molecule has 15 heavy (non-hydrogen) atoms. The highest BCUT2D eigenvalue weighted by Gasteiger charge is 2.13. The Morgan fingerprint density at radius 3 is 2.20 bits per heavy atom. The molecule has 0 atom stereocenters. The van der Waals surface area contributed by atoms with Gasteiger partial charge in [0, 0.05) is 11.6 Å². The largest absolute Gasteiger partial charge is 0.383 e. The number of hydrogen-bond donors (Lipinski definition) is 1. The second kappa shape index (κ2) is 4.18. The van der Waals surface area contributed by atoms with E-state index >= 15 is 0 Å². The van der Waals surface area contributed by atoms with Crippen LogP contribution in [-0.2, 0) is 5.41 Å². The van der Waals surface area contributed by atoms with E-state index in [9.17, 15) is 0 Å². The van der Waals surface area contributed by atoms with Gasteiger partial charge in [0.2, 0.25) is 0 Å². The summed E-state index contributed by atoms with van der Waals surface area (Å²) in [6.45, 7) is 6.50. The number of amidine groups is 1. The highest BCUT2D eigenvalue weighted by atomic mass is 14.8. The van der Waals surface area contributed by atoms with Crippen molar-refractivity contribution in [3.63, 3.8) is 0 Å². The van der Waals surface area contributed by atoms with Gasteiger partial charge in [-0.3, -0.25) is 0 Å². The lowest BCUT2D eigenvalue weighted by atomic mass is 9.87. The van der Waals surface area contributed by atoms with E-state index in [1.54, 1.807) is 0 Å². The van der Waals surface area contributed by atoms with E-state index in [1.165, 1.54) is 5.56 Å². The van der Waals surface area contributed by atoms with E-state index in [2.05, 4.69) is 31.8 Å². The lowest BCUT2D eigenvalue weighted by molar-refractivity contribution is 0.590. The summed E-state index contributed by atoms with van der Waals surface area (Å²) < 4.78 is 0.